The van der Waals surface area contributed by atoms with Crippen molar-refractivity contribution in [3.05, 3.63) is 35.4 Å². The lowest BCUT2D eigenvalue weighted by Crippen LogP contribution is -2.38. The van der Waals surface area contributed by atoms with Gasteiger partial charge in [-0.05, 0) is 18.6 Å². The molecule has 0 bridgehead atoms. The minimum Gasteiger partial charge on any atom is -0.469 e. The fourth-order valence-electron chi connectivity index (χ4n) is 1.66. The summed E-state index contributed by atoms with van der Waals surface area (Å²) in [5.41, 5.74) is 11.2. The number of hydrogen-bond donors (Lipinski definition) is 2. The van der Waals surface area contributed by atoms with Gasteiger partial charge in [-0.2, -0.15) is 0 Å². The topological polar surface area (TPSA) is 95.4 Å². The van der Waals surface area contributed by atoms with Crippen molar-refractivity contribution in [2.45, 2.75) is 18.9 Å². The summed E-state index contributed by atoms with van der Waals surface area (Å²) in [5.74, 6) is -1.00. The molecule has 0 fully saturated rings. The van der Waals surface area contributed by atoms with Crippen LogP contribution in [0, 0.1) is 0 Å². The van der Waals surface area contributed by atoms with E-state index in [1.165, 1.54) is 7.11 Å². The molecule has 0 unspecified atom stereocenters. The summed E-state index contributed by atoms with van der Waals surface area (Å²) in [6, 6.07) is 6.70. The van der Waals surface area contributed by atoms with E-state index < -0.39 is 17.4 Å². The smallest absolute Gasteiger partial charge is 0.307 e. The predicted octanol–water partition coefficient (Wildman–Crippen LogP) is 0.522. The number of nitrogens with two attached hydrogens (primary N) is 2. The Labute approximate surface area is 99.7 Å². The van der Waals surface area contributed by atoms with Crippen LogP contribution < -0.4 is 11.5 Å². The fraction of sp³-hybridized carbons (Fsp3) is 0.333. The van der Waals surface area contributed by atoms with Gasteiger partial charge in [-0.15, -0.1) is 0 Å². The van der Waals surface area contributed by atoms with Crippen LogP contribution in [0.25, 0.3) is 0 Å². The van der Waals surface area contributed by atoms with Gasteiger partial charge in [0.05, 0.1) is 13.5 Å². The van der Waals surface area contributed by atoms with Gasteiger partial charge in [0.25, 0.3) is 0 Å². The first-order valence-corrected chi connectivity index (χ1v) is 5.13. The molecule has 0 radical (unpaired) electrons. The highest BCUT2D eigenvalue weighted by Crippen LogP contribution is 2.25. The fourth-order valence-corrected chi connectivity index (χ4v) is 1.66. The van der Waals surface area contributed by atoms with Gasteiger partial charge in [0.15, 0.2) is 0 Å². The van der Waals surface area contributed by atoms with Gasteiger partial charge in [0.1, 0.15) is 0 Å². The molecule has 0 aliphatic carbocycles. The number of rotatable bonds is 4. The molecule has 0 aliphatic rings. The van der Waals surface area contributed by atoms with Gasteiger partial charge in [-0.3, -0.25) is 9.59 Å². The lowest BCUT2D eigenvalue weighted by Gasteiger charge is -2.25. The molecule has 1 atom stereocenters. The zero-order valence-electron chi connectivity index (χ0n) is 9.90. The maximum Gasteiger partial charge on any atom is 0.307 e. The molecule has 0 saturated carbocycles. The molecule has 5 nitrogen and oxygen atoms in total. The van der Waals surface area contributed by atoms with Crippen LogP contribution in [0.5, 0.6) is 0 Å². The van der Waals surface area contributed by atoms with Crippen LogP contribution in [0.3, 0.4) is 0 Å². The second kappa shape index (κ2) is 4.97. The van der Waals surface area contributed by atoms with E-state index in [0.717, 1.165) is 0 Å². The highest BCUT2D eigenvalue weighted by atomic mass is 16.5. The molecule has 92 valence electrons. The van der Waals surface area contributed by atoms with Crippen molar-refractivity contribution in [1.82, 2.24) is 0 Å². The van der Waals surface area contributed by atoms with E-state index in [1.54, 1.807) is 31.2 Å². The van der Waals surface area contributed by atoms with Crippen molar-refractivity contribution in [2.75, 3.05) is 7.11 Å². The highest BCUT2D eigenvalue weighted by Gasteiger charge is 2.28. The van der Waals surface area contributed by atoms with Crippen LogP contribution in [0.2, 0.25) is 0 Å². The van der Waals surface area contributed by atoms with Gasteiger partial charge in [0.2, 0.25) is 5.91 Å². The summed E-state index contributed by atoms with van der Waals surface area (Å²) in [4.78, 5) is 22.5. The van der Waals surface area contributed by atoms with Crippen LogP contribution in [-0.4, -0.2) is 19.0 Å². The third-order valence-electron chi connectivity index (χ3n) is 2.55. The lowest BCUT2D eigenvalue weighted by molar-refractivity contribution is -0.142. The Morgan fingerprint density at radius 1 is 1.35 bits per heavy atom. The Kier molecular flexibility index (Phi) is 3.85. The number of primary amides is 1. The van der Waals surface area contributed by atoms with Crippen LogP contribution in [0.15, 0.2) is 24.3 Å². The SMILES string of the molecule is COC(=O)C[C@@](C)(N)c1ccccc1C(N)=O. The largest absolute Gasteiger partial charge is 0.469 e. The number of methoxy groups -OCH3 is 1. The maximum absolute atomic E-state index is 11.3. The van der Waals surface area contributed by atoms with E-state index >= 15 is 0 Å². The van der Waals surface area contributed by atoms with E-state index in [1.807, 2.05) is 0 Å². The molecule has 1 aromatic carbocycles. The molecule has 1 rings (SSSR count). The van der Waals surface area contributed by atoms with Crippen molar-refractivity contribution in [3.63, 3.8) is 0 Å². The highest BCUT2D eigenvalue weighted by molar-refractivity contribution is 5.94. The molecule has 0 spiro atoms. The summed E-state index contributed by atoms with van der Waals surface area (Å²) < 4.78 is 4.57. The Morgan fingerprint density at radius 3 is 2.47 bits per heavy atom. The van der Waals surface area contributed by atoms with E-state index in [-0.39, 0.29) is 6.42 Å². The summed E-state index contributed by atoms with van der Waals surface area (Å²) in [7, 11) is 1.29. The second-order valence-electron chi connectivity index (χ2n) is 4.08. The van der Waals surface area contributed by atoms with E-state index in [0.29, 0.717) is 11.1 Å². The van der Waals surface area contributed by atoms with Crippen molar-refractivity contribution in [1.29, 1.82) is 0 Å². The van der Waals surface area contributed by atoms with Gasteiger partial charge in [-0.1, -0.05) is 18.2 Å². The van der Waals surface area contributed by atoms with E-state index in [4.69, 9.17) is 11.5 Å². The predicted molar refractivity (Wildman–Crippen MR) is 63.1 cm³/mol. The Hall–Kier alpha value is -1.88. The van der Waals surface area contributed by atoms with Crippen molar-refractivity contribution >= 4 is 11.9 Å². The molecule has 4 N–H and O–H groups in total. The molecule has 0 aliphatic heterocycles. The molecule has 0 aromatic heterocycles. The first-order chi connectivity index (χ1) is 7.88. The second-order valence-corrected chi connectivity index (χ2v) is 4.08. The summed E-state index contributed by atoms with van der Waals surface area (Å²) in [6.45, 7) is 1.66. The number of ether oxygens (including phenoxy) is 1. The molecule has 0 saturated heterocycles. The van der Waals surface area contributed by atoms with Gasteiger partial charge < -0.3 is 16.2 Å². The first kappa shape index (κ1) is 13.2. The molecule has 1 aromatic rings. The third kappa shape index (κ3) is 3.04. The van der Waals surface area contributed by atoms with Crippen LogP contribution in [0.4, 0.5) is 0 Å². The number of esters is 1. The number of amides is 1. The number of carbonyl (C=O) groups excluding carboxylic acids is 2. The average molecular weight is 236 g/mol. The summed E-state index contributed by atoms with van der Waals surface area (Å²) in [6.07, 6.45) is -0.0200. The molecule has 5 heteroatoms. The Morgan fingerprint density at radius 2 is 1.94 bits per heavy atom. The van der Waals surface area contributed by atoms with Crippen LogP contribution in [-0.2, 0) is 15.1 Å². The summed E-state index contributed by atoms with van der Waals surface area (Å²) >= 11 is 0. The van der Waals surface area contributed by atoms with Gasteiger partial charge in [-0.25, -0.2) is 0 Å². The summed E-state index contributed by atoms with van der Waals surface area (Å²) in [5, 5.41) is 0. The lowest BCUT2D eigenvalue weighted by atomic mass is 9.86. The molecule has 0 heterocycles. The van der Waals surface area contributed by atoms with Crippen molar-refractivity contribution in [2.24, 2.45) is 11.5 Å². The zero-order chi connectivity index (χ0) is 13.1. The van der Waals surface area contributed by atoms with E-state index in [2.05, 4.69) is 4.74 Å². The normalized spacial score (nSPS) is 13.8. The minimum absolute atomic E-state index is 0.0200. The standard InChI is InChI=1S/C12H16N2O3/c1-12(14,7-10(15)17-2)9-6-4-3-5-8(9)11(13)16/h3-6H,7,14H2,1-2H3,(H2,13,16)/t12-/m1/s1. The van der Waals surface area contributed by atoms with Crippen LogP contribution in [0.1, 0.15) is 29.3 Å². The molecular weight excluding hydrogens is 220 g/mol. The first-order valence-electron chi connectivity index (χ1n) is 5.13. The number of benzene rings is 1. The monoisotopic (exact) mass is 236 g/mol. The van der Waals surface area contributed by atoms with Gasteiger partial charge >= 0.3 is 5.97 Å². The van der Waals surface area contributed by atoms with Crippen molar-refractivity contribution < 1.29 is 14.3 Å². The third-order valence-corrected chi connectivity index (χ3v) is 2.55. The maximum atomic E-state index is 11.3. The minimum atomic E-state index is -0.987. The van der Waals surface area contributed by atoms with Gasteiger partial charge in [0, 0.05) is 11.1 Å². The number of hydrogen-bond acceptors (Lipinski definition) is 4. The van der Waals surface area contributed by atoms with E-state index in [9.17, 15) is 9.59 Å². The quantitative estimate of drug-likeness (QED) is 0.745. The van der Waals surface area contributed by atoms with Crippen molar-refractivity contribution in [3.8, 4) is 0 Å². The molecular formula is C12H16N2O3. The Balaban J connectivity index is 3.14. The van der Waals surface area contributed by atoms with Crippen LogP contribution >= 0.6 is 0 Å². The average Bonchev–Trinajstić information content (AvgIpc) is 2.28. The zero-order valence-corrected chi connectivity index (χ0v) is 9.90. The number of carbonyl (C=O) groups is 2. The Bertz CT molecular complexity index is 441. The molecule has 17 heavy (non-hydrogen) atoms. The molecule has 1 amide bonds.